The summed E-state index contributed by atoms with van der Waals surface area (Å²) >= 11 is 6.00. The molecule has 3 aromatic rings. The Hall–Kier alpha value is -3.00. The van der Waals surface area contributed by atoms with Crippen LogP contribution in [0.3, 0.4) is 0 Å². The van der Waals surface area contributed by atoms with E-state index in [-0.39, 0.29) is 12.1 Å². The molecule has 2 aromatic heterocycles. The van der Waals surface area contributed by atoms with Gasteiger partial charge in [0, 0.05) is 11.6 Å². The van der Waals surface area contributed by atoms with Crippen molar-refractivity contribution in [2.75, 3.05) is 11.9 Å². The number of hydrogen-bond donors (Lipinski definition) is 1. The van der Waals surface area contributed by atoms with Gasteiger partial charge in [0.1, 0.15) is 12.2 Å². The molecule has 1 N–H and O–H groups in total. The zero-order valence-electron chi connectivity index (χ0n) is 16.3. The predicted octanol–water partition coefficient (Wildman–Crippen LogP) is 3.76. The quantitative estimate of drug-likeness (QED) is 0.706. The lowest BCUT2D eigenvalue weighted by Gasteiger charge is -2.25. The highest BCUT2D eigenvalue weighted by Gasteiger charge is 2.34. The average Bonchev–Trinajstić information content (AvgIpc) is 3.32. The molecule has 1 atom stereocenters. The van der Waals surface area contributed by atoms with Crippen LogP contribution < -0.4 is 5.32 Å². The summed E-state index contributed by atoms with van der Waals surface area (Å²) in [6, 6.07) is 7.41. The number of benzene rings is 1. The van der Waals surface area contributed by atoms with Gasteiger partial charge >= 0.3 is 6.03 Å². The molecule has 0 bridgehead atoms. The first kappa shape index (κ1) is 19.3. The first-order valence-corrected chi connectivity index (χ1v) is 9.89. The van der Waals surface area contributed by atoms with Gasteiger partial charge in [0.05, 0.1) is 30.2 Å². The van der Waals surface area contributed by atoms with Crippen molar-refractivity contribution in [2.45, 2.75) is 39.3 Å². The zero-order valence-corrected chi connectivity index (χ0v) is 17.1. The predicted molar refractivity (Wildman–Crippen MR) is 110 cm³/mol. The first-order chi connectivity index (χ1) is 14.0. The number of aryl methyl sites for hydroxylation is 2. The summed E-state index contributed by atoms with van der Waals surface area (Å²) in [7, 11) is 0. The van der Waals surface area contributed by atoms with E-state index in [1.165, 1.54) is 6.33 Å². The van der Waals surface area contributed by atoms with Crippen molar-refractivity contribution in [3.05, 3.63) is 64.7 Å². The number of hydrogen-bond acceptors (Lipinski definition) is 5. The molecule has 0 saturated carbocycles. The zero-order chi connectivity index (χ0) is 20.4. The fraction of sp³-hybridized carbons (Fsp3) is 0.350. The Morgan fingerprint density at radius 2 is 2.03 bits per heavy atom. The first-order valence-electron chi connectivity index (χ1n) is 9.51. The SMILES string of the molecule is Cc1ncncc1NC(=O)N1CCC[C@@H]1c1nnc(C)n1Cc1ccc(Cl)cc1. The standard InChI is InChI=1S/C20H22ClN7O/c1-13-17(10-22-12-23-13)24-20(29)27-9-3-4-18(27)19-26-25-14(2)28(19)11-15-5-7-16(21)8-6-15/h5-8,10,12,18H,3-4,9,11H2,1-2H3,(H,24,29)/t18-/m1/s1. The number of rotatable bonds is 4. The Balaban J connectivity index is 1.57. The molecule has 1 aliphatic rings. The van der Waals surface area contributed by atoms with E-state index in [0.717, 1.165) is 35.7 Å². The minimum Gasteiger partial charge on any atom is -0.314 e. The van der Waals surface area contributed by atoms with Gasteiger partial charge in [-0.1, -0.05) is 23.7 Å². The van der Waals surface area contributed by atoms with E-state index in [4.69, 9.17) is 11.6 Å². The molecule has 0 unspecified atom stereocenters. The largest absolute Gasteiger partial charge is 0.322 e. The number of likely N-dealkylation sites (tertiary alicyclic amines) is 1. The van der Waals surface area contributed by atoms with E-state index < -0.39 is 0 Å². The van der Waals surface area contributed by atoms with E-state index in [2.05, 4.69) is 30.0 Å². The van der Waals surface area contributed by atoms with Gasteiger partial charge in [-0.2, -0.15) is 0 Å². The smallest absolute Gasteiger partial charge is 0.314 e. The number of amides is 2. The van der Waals surface area contributed by atoms with Crippen LogP contribution in [0.25, 0.3) is 0 Å². The Morgan fingerprint density at radius 1 is 1.24 bits per heavy atom. The van der Waals surface area contributed by atoms with Crippen LogP contribution in [-0.2, 0) is 6.54 Å². The molecular formula is C20H22ClN7O. The maximum absolute atomic E-state index is 13.0. The van der Waals surface area contributed by atoms with Crippen LogP contribution in [0.5, 0.6) is 0 Å². The number of nitrogens with zero attached hydrogens (tertiary/aromatic N) is 6. The fourth-order valence-electron chi connectivity index (χ4n) is 3.59. The topological polar surface area (TPSA) is 88.8 Å². The average molecular weight is 412 g/mol. The van der Waals surface area contributed by atoms with E-state index in [1.54, 1.807) is 6.20 Å². The number of aromatic nitrogens is 5. The van der Waals surface area contributed by atoms with Crippen molar-refractivity contribution in [2.24, 2.45) is 0 Å². The van der Waals surface area contributed by atoms with Crippen LogP contribution in [0.2, 0.25) is 5.02 Å². The third-order valence-electron chi connectivity index (χ3n) is 5.18. The Morgan fingerprint density at radius 3 is 2.79 bits per heavy atom. The number of urea groups is 1. The summed E-state index contributed by atoms with van der Waals surface area (Å²) in [5.41, 5.74) is 2.44. The molecule has 1 aromatic carbocycles. The van der Waals surface area contributed by atoms with Crippen LogP contribution in [0.15, 0.2) is 36.8 Å². The molecule has 4 rings (SSSR count). The van der Waals surface area contributed by atoms with Crippen LogP contribution >= 0.6 is 11.6 Å². The molecule has 3 heterocycles. The second kappa shape index (κ2) is 8.16. The van der Waals surface area contributed by atoms with E-state index >= 15 is 0 Å². The molecule has 1 aliphatic heterocycles. The molecular weight excluding hydrogens is 390 g/mol. The van der Waals surface area contributed by atoms with E-state index in [9.17, 15) is 4.79 Å². The molecule has 0 aliphatic carbocycles. The third-order valence-corrected chi connectivity index (χ3v) is 5.44. The highest BCUT2D eigenvalue weighted by Crippen LogP contribution is 2.32. The summed E-state index contributed by atoms with van der Waals surface area (Å²) < 4.78 is 2.07. The Kier molecular flexibility index (Phi) is 5.44. The van der Waals surface area contributed by atoms with Crippen LogP contribution in [0, 0.1) is 13.8 Å². The highest BCUT2D eigenvalue weighted by molar-refractivity contribution is 6.30. The monoisotopic (exact) mass is 411 g/mol. The number of anilines is 1. The van der Waals surface area contributed by atoms with Crippen molar-refractivity contribution in [3.8, 4) is 0 Å². The summed E-state index contributed by atoms with van der Waals surface area (Å²) in [5, 5.41) is 12.3. The maximum Gasteiger partial charge on any atom is 0.322 e. The maximum atomic E-state index is 13.0. The van der Waals surface area contributed by atoms with Gasteiger partial charge in [0.15, 0.2) is 5.82 Å². The van der Waals surface area contributed by atoms with Crippen molar-refractivity contribution in [3.63, 3.8) is 0 Å². The molecule has 9 heteroatoms. The van der Waals surface area contributed by atoms with Gasteiger partial charge in [0.2, 0.25) is 0 Å². The lowest BCUT2D eigenvalue weighted by molar-refractivity contribution is 0.203. The van der Waals surface area contributed by atoms with Crippen molar-refractivity contribution in [1.82, 2.24) is 29.6 Å². The molecule has 0 radical (unpaired) electrons. The van der Waals surface area contributed by atoms with Gasteiger partial charge in [-0.05, 0) is 44.4 Å². The van der Waals surface area contributed by atoms with Gasteiger partial charge in [-0.15, -0.1) is 10.2 Å². The summed E-state index contributed by atoms with van der Waals surface area (Å²) in [6.07, 6.45) is 4.83. The van der Waals surface area contributed by atoms with E-state index in [1.807, 2.05) is 43.0 Å². The fourth-order valence-corrected chi connectivity index (χ4v) is 3.72. The summed E-state index contributed by atoms with van der Waals surface area (Å²) in [4.78, 5) is 22.9. The van der Waals surface area contributed by atoms with Crippen LogP contribution in [0.4, 0.5) is 10.5 Å². The number of carbonyl (C=O) groups is 1. The third kappa shape index (κ3) is 4.07. The van der Waals surface area contributed by atoms with Gasteiger partial charge in [0.25, 0.3) is 0 Å². The second-order valence-corrected chi connectivity index (χ2v) is 7.56. The number of nitrogens with one attached hydrogen (secondary N) is 1. The second-order valence-electron chi connectivity index (χ2n) is 7.12. The highest BCUT2D eigenvalue weighted by atomic mass is 35.5. The molecule has 1 fully saturated rings. The van der Waals surface area contributed by atoms with Crippen LogP contribution in [-0.4, -0.2) is 42.2 Å². The van der Waals surface area contributed by atoms with Crippen molar-refractivity contribution < 1.29 is 4.79 Å². The lowest BCUT2D eigenvalue weighted by Crippen LogP contribution is -2.36. The molecule has 150 valence electrons. The molecule has 2 amide bonds. The molecule has 8 nitrogen and oxygen atoms in total. The minimum atomic E-state index is -0.177. The van der Waals surface area contributed by atoms with Crippen molar-refractivity contribution >= 4 is 23.3 Å². The molecule has 29 heavy (non-hydrogen) atoms. The van der Waals surface area contributed by atoms with Crippen molar-refractivity contribution in [1.29, 1.82) is 0 Å². The number of carbonyl (C=O) groups excluding carboxylic acids is 1. The number of halogens is 1. The Bertz CT molecular complexity index is 1020. The minimum absolute atomic E-state index is 0.131. The van der Waals surface area contributed by atoms with Gasteiger partial charge < -0.3 is 14.8 Å². The Labute approximate surface area is 173 Å². The van der Waals surface area contributed by atoms with Crippen LogP contribution in [0.1, 0.15) is 41.8 Å². The lowest BCUT2D eigenvalue weighted by atomic mass is 10.2. The summed E-state index contributed by atoms with van der Waals surface area (Å²) in [5.74, 6) is 1.61. The summed E-state index contributed by atoms with van der Waals surface area (Å²) in [6.45, 7) is 5.06. The van der Waals surface area contributed by atoms with Gasteiger partial charge in [-0.25, -0.2) is 14.8 Å². The van der Waals surface area contributed by atoms with E-state index in [0.29, 0.717) is 23.8 Å². The molecule has 1 saturated heterocycles. The van der Waals surface area contributed by atoms with Gasteiger partial charge in [-0.3, -0.25) is 0 Å². The normalized spacial score (nSPS) is 16.2. The molecule has 0 spiro atoms.